The zero-order chi connectivity index (χ0) is 14.2. The first-order valence-corrected chi connectivity index (χ1v) is 6.80. The summed E-state index contributed by atoms with van der Waals surface area (Å²) in [7, 11) is 1.76. The fourth-order valence-corrected chi connectivity index (χ4v) is 3.08. The lowest BCUT2D eigenvalue weighted by molar-refractivity contribution is -0.0391. The van der Waals surface area contributed by atoms with E-state index in [1.165, 1.54) is 0 Å². The summed E-state index contributed by atoms with van der Waals surface area (Å²) < 4.78 is 5.52. The smallest absolute Gasteiger partial charge is 0.111 e. The number of likely N-dealkylation sites (N-methyl/N-ethyl adjacent to an activating group) is 1. The molecule has 7 heteroatoms. The fraction of sp³-hybridized carbons (Fsp3) is 0.667. The first-order valence-electron chi connectivity index (χ1n) is 6.04. The van der Waals surface area contributed by atoms with Gasteiger partial charge < -0.3 is 25.4 Å². The lowest BCUT2D eigenvalue weighted by Gasteiger charge is -2.33. The average Bonchev–Trinajstić information content (AvgIpc) is 2.69. The third-order valence-corrected chi connectivity index (χ3v) is 4.51. The highest BCUT2D eigenvalue weighted by atomic mass is 35.5. The van der Waals surface area contributed by atoms with E-state index in [4.69, 9.17) is 33.0 Å². The minimum absolute atomic E-state index is 0.167. The molecule has 0 radical (unpaired) electrons. The maximum atomic E-state index is 10.1. The van der Waals surface area contributed by atoms with Crippen molar-refractivity contribution in [1.82, 2.24) is 5.32 Å². The van der Waals surface area contributed by atoms with Gasteiger partial charge in [0.05, 0.1) is 17.7 Å². The molecule has 1 heterocycles. The Morgan fingerprint density at radius 3 is 2.53 bits per heavy atom. The van der Waals surface area contributed by atoms with Gasteiger partial charge in [-0.2, -0.15) is 0 Å². The van der Waals surface area contributed by atoms with Gasteiger partial charge in [0.1, 0.15) is 18.3 Å². The summed E-state index contributed by atoms with van der Waals surface area (Å²) in [6.07, 6.45) is -0.289. The Kier molecular flexibility index (Phi) is 4.89. The second-order valence-electron chi connectivity index (χ2n) is 4.70. The van der Waals surface area contributed by atoms with E-state index in [-0.39, 0.29) is 12.6 Å². The van der Waals surface area contributed by atoms with E-state index in [0.717, 1.165) is 0 Å². The molecule has 108 valence electrons. The standard InChI is InChI=1S/C12H17Cl2NO4/c1-15-6-3-2-5(13)9(14)8(6)12-11(18)10(17)7(4-16)19-12/h2-3,6-8,10-12,15-18H,4H2,1H3/t6?,7-,8?,10-,11-,12+/m0/s1. The van der Waals surface area contributed by atoms with Gasteiger partial charge in [-0.3, -0.25) is 0 Å². The molecule has 2 unspecified atom stereocenters. The van der Waals surface area contributed by atoms with Crippen LogP contribution in [0.2, 0.25) is 0 Å². The van der Waals surface area contributed by atoms with Crippen LogP contribution in [0.25, 0.3) is 0 Å². The summed E-state index contributed by atoms with van der Waals surface area (Å²) in [6.45, 7) is -0.365. The average molecular weight is 310 g/mol. The molecule has 0 aromatic carbocycles. The Labute approximate surface area is 121 Å². The van der Waals surface area contributed by atoms with Crippen LogP contribution in [0.5, 0.6) is 0 Å². The third-order valence-electron chi connectivity index (χ3n) is 3.62. The highest BCUT2D eigenvalue weighted by Gasteiger charge is 2.49. The minimum Gasteiger partial charge on any atom is -0.394 e. The van der Waals surface area contributed by atoms with Crippen LogP contribution >= 0.6 is 23.2 Å². The molecular weight excluding hydrogens is 293 g/mol. The summed E-state index contributed by atoms with van der Waals surface area (Å²) >= 11 is 12.2. The number of allylic oxidation sites excluding steroid dienone is 2. The van der Waals surface area contributed by atoms with E-state index in [1.54, 1.807) is 13.1 Å². The summed E-state index contributed by atoms with van der Waals surface area (Å²) in [6, 6.07) is -0.167. The van der Waals surface area contributed by atoms with Gasteiger partial charge in [-0.1, -0.05) is 29.3 Å². The molecule has 6 atom stereocenters. The number of hydrogen-bond donors (Lipinski definition) is 4. The molecule has 0 aromatic heterocycles. The van der Waals surface area contributed by atoms with E-state index in [9.17, 15) is 10.2 Å². The molecular formula is C12H17Cl2NO4. The number of rotatable bonds is 3. The van der Waals surface area contributed by atoms with Crippen molar-refractivity contribution in [1.29, 1.82) is 0 Å². The largest absolute Gasteiger partial charge is 0.394 e. The van der Waals surface area contributed by atoms with Crippen molar-refractivity contribution < 1.29 is 20.1 Å². The highest BCUT2D eigenvalue weighted by Crippen LogP contribution is 2.39. The molecule has 5 nitrogen and oxygen atoms in total. The van der Waals surface area contributed by atoms with E-state index in [2.05, 4.69) is 5.32 Å². The lowest BCUT2D eigenvalue weighted by Crippen LogP contribution is -2.46. The fourth-order valence-electron chi connectivity index (χ4n) is 2.55. The maximum absolute atomic E-state index is 10.1. The number of halogens is 2. The molecule has 0 bridgehead atoms. The summed E-state index contributed by atoms with van der Waals surface area (Å²) in [4.78, 5) is 0. The Hall–Kier alpha value is -0.140. The number of hydrogen-bond acceptors (Lipinski definition) is 5. The number of ether oxygens (including phenoxy) is 1. The molecule has 1 aliphatic heterocycles. The van der Waals surface area contributed by atoms with Gasteiger partial charge in [0.15, 0.2) is 0 Å². The molecule has 2 aliphatic rings. The van der Waals surface area contributed by atoms with Crippen molar-refractivity contribution in [2.24, 2.45) is 5.92 Å². The van der Waals surface area contributed by atoms with Gasteiger partial charge in [-0.05, 0) is 13.1 Å². The Morgan fingerprint density at radius 2 is 2.00 bits per heavy atom. The number of nitrogens with one attached hydrogen (secondary N) is 1. The van der Waals surface area contributed by atoms with Crippen LogP contribution in [0.3, 0.4) is 0 Å². The van der Waals surface area contributed by atoms with Crippen LogP contribution < -0.4 is 5.32 Å². The summed E-state index contributed by atoms with van der Waals surface area (Å²) in [5.74, 6) is -0.412. The normalized spacial score (nSPS) is 43.1. The SMILES string of the molecule is CNC1C=CC(Cl)=C(Cl)C1[C@H]1O[C@@H](CO)[C@H](O)[C@@H]1O. The Bertz CT molecular complexity index is 401. The molecule has 1 fully saturated rings. The second kappa shape index (κ2) is 6.10. The van der Waals surface area contributed by atoms with Gasteiger partial charge in [-0.15, -0.1) is 0 Å². The number of aliphatic hydroxyl groups excluding tert-OH is 3. The summed E-state index contributed by atoms with van der Waals surface area (Å²) in [5, 5.41) is 32.8. The van der Waals surface area contributed by atoms with E-state index in [0.29, 0.717) is 10.1 Å². The topological polar surface area (TPSA) is 82.0 Å². The minimum atomic E-state index is -1.14. The molecule has 1 aliphatic carbocycles. The Morgan fingerprint density at radius 1 is 1.32 bits per heavy atom. The molecule has 1 saturated heterocycles. The van der Waals surface area contributed by atoms with E-state index in [1.807, 2.05) is 6.08 Å². The monoisotopic (exact) mass is 309 g/mol. The zero-order valence-electron chi connectivity index (χ0n) is 10.3. The summed E-state index contributed by atoms with van der Waals surface area (Å²) in [5.41, 5.74) is 0. The highest BCUT2D eigenvalue weighted by molar-refractivity contribution is 6.40. The second-order valence-corrected chi connectivity index (χ2v) is 5.51. The van der Waals surface area contributed by atoms with Crippen LogP contribution in [0.4, 0.5) is 0 Å². The predicted molar refractivity (Wildman–Crippen MR) is 72.0 cm³/mol. The quantitative estimate of drug-likeness (QED) is 0.587. The van der Waals surface area contributed by atoms with E-state index < -0.39 is 30.3 Å². The first-order chi connectivity index (χ1) is 9.01. The van der Waals surface area contributed by atoms with Crippen molar-refractivity contribution in [2.45, 2.75) is 30.5 Å². The molecule has 0 aromatic rings. The van der Waals surface area contributed by atoms with Crippen LogP contribution in [0.15, 0.2) is 22.2 Å². The van der Waals surface area contributed by atoms with Gasteiger partial charge in [0.25, 0.3) is 0 Å². The lowest BCUT2D eigenvalue weighted by atomic mass is 9.86. The maximum Gasteiger partial charge on any atom is 0.111 e. The van der Waals surface area contributed by atoms with Crippen LogP contribution in [-0.2, 0) is 4.74 Å². The zero-order valence-corrected chi connectivity index (χ0v) is 11.8. The van der Waals surface area contributed by atoms with E-state index >= 15 is 0 Å². The molecule has 0 saturated carbocycles. The van der Waals surface area contributed by atoms with Gasteiger partial charge in [0, 0.05) is 17.0 Å². The molecule has 0 amide bonds. The van der Waals surface area contributed by atoms with Crippen molar-refractivity contribution in [3.63, 3.8) is 0 Å². The molecule has 0 spiro atoms. The van der Waals surface area contributed by atoms with Crippen molar-refractivity contribution in [3.8, 4) is 0 Å². The first kappa shape index (κ1) is 15.3. The molecule has 19 heavy (non-hydrogen) atoms. The van der Waals surface area contributed by atoms with Crippen LogP contribution in [0.1, 0.15) is 0 Å². The van der Waals surface area contributed by atoms with Gasteiger partial charge in [0.2, 0.25) is 0 Å². The third kappa shape index (κ3) is 2.69. The van der Waals surface area contributed by atoms with Crippen molar-refractivity contribution >= 4 is 23.2 Å². The van der Waals surface area contributed by atoms with Gasteiger partial charge >= 0.3 is 0 Å². The predicted octanol–water partition coefficient (Wildman–Crippen LogP) is -0.0689. The number of aliphatic hydroxyl groups is 3. The van der Waals surface area contributed by atoms with Crippen LogP contribution in [0, 0.1) is 5.92 Å². The molecule has 4 N–H and O–H groups in total. The van der Waals surface area contributed by atoms with Crippen LogP contribution in [-0.4, -0.2) is 59.4 Å². The molecule has 2 rings (SSSR count). The van der Waals surface area contributed by atoms with Crippen molar-refractivity contribution in [3.05, 3.63) is 22.2 Å². The van der Waals surface area contributed by atoms with Crippen molar-refractivity contribution in [2.75, 3.05) is 13.7 Å². The Balaban J connectivity index is 2.27. The van der Waals surface area contributed by atoms with Gasteiger partial charge in [-0.25, -0.2) is 0 Å².